The van der Waals surface area contributed by atoms with Gasteiger partial charge in [-0.2, -0.15) is 5.10 Å². The van der Waals surface area contributed by atoms with E-state index in [9.17, 15) is 0 Å². The maximum Gasteiger partial charge on any atom is 0.0521 e. The third kappa shape index (κ3) is 3.82. The van der Waals surface area contributed by atoms with Crippen LogP contribution in [-0.2, 0) is 13.0 Å². The first-order chi connectivity index (χ1) is 6.61. The number of alkyl halides is 1. The molecule has 0 saturated heterocycles. The Bertz CT molecular complexity index is 268. The Morgan fingerprint density at radius 2 is 2.21 bits per heavy atom. The fraction of sp³-hybridized carbons (Fsp3) is 0.727. The Morgan fingerprint density at radius 1 is 1.50 bits per heavy atom. The number of hydrogen-bond donors (Lipinski definition) is 0. The van der Waals surface area contributed by atoms with Crippen LogP contribution in [0.25, 0.3) is 0 Å². The highest BCUT2D eigenvalue weighted by molar-refractivity contribution is 9.09. The molecular weight excluding hydrogens is 240 g/mol. The second kappa shape index (κ2) is 5.54. The Morgan fingerprint density at radius 3 is 2.71 bits per heavy atom. The van der Waals surface area contributed by atoms with Crippen LogP contribution >= 0.6 is 15.9 Å². The van der Waals surface area contributed by atoms with Crippen molar-refractivity contribution in [3.63, 3.8) is 0 Å². The maximum atomic E-state index is 4.27. The van der Waals surface area contributed by atoms with Crippen LogP contribution in [0, 0.1) is 5.92 Å². The molecule has 2 nitrogen and oxygen atoms in total. The average Bonchev–Trinajstić information content (AvgIpc) is 2.50. The lowest BCUT2D eigenvalue weighted by Gasteiger charge is -2.11. The summed E-state index contributed by atoms with van der Waals surface area (Å²) >= 11 is 3.59. The van der Waals surface area contributed by atoms with Crippen molar-refractivity contribution in [2.75, 3.05) is 0 Å². The summed E-state index contributed by atoms with van der Waals surface area (Å²) in [5, 5.41) is 4.27. The Kier molecular flexibility index (Phi) is 4.66. The van der Waals surface area contributed by atoms with Gasteiger partial charge in [0.15, 0.2) is 0 Å². The number of aryl methyl sites for hydroxylation is 1. The maximum absolute atomic E-state index is 4.27. The van der Waals surface area contributed by atoms with E-state index in [1.165, 1.54) is 12.0 Å². The molecule has 2 unspecified atom stereocenters. The van der Waals surface area contributed by atoms with Gasteiger partial charge in [0.05, 0.1) is 6.20 Å². The summed E-state index contributed by atoms with van der Waals surface area (Å²) in [6.07, 6.45) is 6.49. The highest BCUT2D eigenvalue weighted by Gasteiger charge is 2.08. The molecule has 0 saturated carbocycles. The first kappa shape index (κ1) is 11.8. The molecule has 0 amide bonds. The molecule has 1 aromatic rings. The smallest absolute Gasteiger partial charge is 0.0521 e. The van der Waals surface area contributed by atoms with Gasteiger partial charge in [-0.25, -0.2) is 0 Å². The van der Waals surface area contributed by atoms with Gasteiger partial charge in [-0.05, 0) is 31.2 Å². The Labute approximate surface area is 94.8 Å². The van der Waals surface area contributed by atoms with Gasteiger partial charge in [0.25, 0.3) is 0 Å². The molecule has 0 spiro atoms. The largest absolute Gasteiger partial charge is 0.273 e. The fourth-order valence-corrected chi connectivity index (χ4v) is 2.36. The predicted molar refractivity (Wildman–Crippen MR) is 63.8 cm³/mol. The minimum Gasteiger partial charge on any atom is -0.273 e. The predicted octanol–water partition coefficient (Wildman–Crippen LogP) is 3.26. The monoisotopic (exact) mass is 258 g/mol. The van der Waals surface area contributed by atoms with Crippen molar-refractivity contribution in [3.05, 3.63) is 18.0 Å². The first-order valence-corrected chi connectivity index (χ1v) is 6.18. The molecule has 14 heavy (non-hydrogen) atoms. The molecule has 0 aliphatic carbocycles. The van der Waals surface area contributed by atoms with Crippen LogP contribution in [0.15, 0.2) is 12.4 Å². The zero-order valence-electron chi connectivity index (χ0n) is 9.20. The summed E-state index contributed by atoms with van der Waals surface area (Å²) in [5.41, 5.74) is 1.35. The molecule has 0 radical (unpaired) electrons. The lowest BCUT2D eigenvalue weighted by molar-refractivity contribution is 0.532. The van der Waals surface area contributed by atoms with Crippen molar-refractivity contribution in [1.82, 2.24) is 9.78 Å². The molecular formula is C11H19BrN2. The Balaban J connectivity index is 2.43. The molecule has 80 valence electrons. The van der Waals surface area contributed by atoms with Crippen molar-refractivity contribution >= 4 is 15.9 Å². The van der Waals surface area contributed by atoms with E-state index in [-0.39, 0.29) is 0 Å². The van der Waals surface area contributed by atoms with Crippen molar-refractivity contribution in [1.29, 1.82) is 0 Å². The second-order valence-corrected chi connectivity index (χ2v) is 5.59. The molecule has 0 aromatic carbocycles. The zero-order chi connectivity index (χ0) is 10.6. The molecule has 0 fully saturated rings. The lowest BCUT2D eigenvalue weighted by Crippen LogP contribution is -2.04. The van der Waals surface area contributed by atoms with Crippen LogP contribution in [0.5, 0.6) is 0 Å². The Hall–Kier alpha value is -0.310. The summed E-state index contributed by atoms with van der Waals surface area (Å²) in [5.74, 6) is 0.721. The molecule has 2 atom stereocenters. The van der Waals surface area contributed by atoms with E-state index in [0.717, 1.165) is 18.9 Å². The van der Waals surface area contributed by atoms with Crippen molar-refractivity contribution < 1.29 is 0 Å². The number of hydrogen-bond acceptors (Lipinski definition) is 1. The molecule has 0 bridgehead atoms. The third-order valence-electron chi connectivity index (χ3n) is 2.32. The van der Waals surface area contributed by atoms with Gasteiger partial charge in [0, 0.05) is 17.6 Å². The number of halogens is 1. The van der Waals surface area contributed by atoms with Gasteiger partial charge >= 0.3 is 0 Å². The van der Waals surface area contributed by atoms with Crippen LogP contribution in [0.3, 0.4) is 0 Å². The van der Waals surface area contributed by atoms with Crippen LogP contribution < -0.4 is 0 Å². The van der Waals surface area contributed by atoms with Gasteiger partial charge in [-0.15, -0.1) is 0 Å². The van der Waals surface area contributed by atoms with E-state index in [0.29, 0.717) is 4.83 Å². The van der Waals surface area contributed by atoms with E-state index >= 15 is 0 Å². The lowest BCUT2D eigenvalue weighted by atomic mass is 9.99. The van der Waals surface area contributed by atoms with E-state index < -0.39 is 0 Å². The van der Waals surface area contributed by atoms with E-state index in [4.69, 9.17) is 0 Å². The summed E-state index contributed by atoms with van der Waals surface area (Å²) in [6.45, 7) is 7.57. The van der Waals surface area contributed by atoms with E-state index in [1.807, 2.05) is 10.9 Å². The van der Waals surface area contributed by atoms with Crippen molar-refractivity contribution in [2.45, 2.75) is 45.0 Å². The number of rotatable bonds is 5. The van der Waals surface area contributed by atoms with Crippen molar-refractivity contribution in [2.24, 2.45) is 5.92 Å². The van der Waals surface area contributed by atoms with Crippen LogP contribution in [0.1, 0.15) is 32.8 Å². The van der Waals surface area contributed by atoms with Crippen LogP contribution in [0.2, 0.25) is 0 Å². The minimum absolute atomic E-state index is 0.610. The fourth-order valence-electron chi connectivity index (χ4n) is 1.72. The molecule has 0 aliphatic heterocycles. The van der Waals surface area contributed by atoms with Gasteiger partial charge in [0.2, 0.25) is 0 Å². The average molecular weight is 259 g/mol. The molecule has 0 aliphatic rings. The third-order valence-corrected chi connectivity index (χ3v) is 2.70. The normalized spacial score (nSPS) is 15.4. The number of nitrogens with zero attached hydrogens (tertiary/aromatic N) is 2. The highest BCUT2D eigenvalue weighted by atomic mass is 79.9. The summed E-state index contributed by atoms with van der Waals surface area (Å²) in [4.78, 5) is 0.610. The molecule has 1 aromatic heterocycles. The first-order valence-electron chi connectivity index (χ1n) is 5.27. The molecule has 0 N–H and O–H groups in total. The minimum atomic E-state index is 0.610. The summed E-state index contributed by atoms with van der Waals surface area (Å²) < 4.78 is 1.99. The zero-order valence-corrected chi connectivity index (χ0v) is 10.8. The SMILES string of the molecule is CCn1cc(CC(C)CC(C)Br)cn1. The van der Waals surface area contributed by atoms with Gasteiger partial charge in [0.1, 0.15) is 0 Å². The van der Waals surface area contributed by atoms with Gasteiger partial charge in [-0.1, -0.05) is 29.8 Å². The molecule has 3 heteroatoms. The highest BCUT2D eigenvalue weighted by Crippen LogP contribution is 2.16. The topological polar surface area (TPSA) is 17.8 Å². The van der Waals surface area contributed by atoms with E-state index in [2.05, 4.69) is 48.0 Å². The standard InChI is InChI=1S/C11H19BrN2/c1-4-14-8-11(7-13-14)6-9(2)5-10(3)12/h7-10H,4-6H2,1-3H3. The summed E-state index contributed by atoms with van der Waals surface area (Å²) in [6, 6.07) is 0. The van der Waals surface area contributed by atoms with Crippen LogP contribution in [0.4, 0.5) is 0 Å². The number of aromatic nitrogens is 2. The summed E-state index contributed by atoms with van der Waals surface area (Å²) in [7, 11) is 0. The molecule has 1 heterocycles. The van der Waals surface area contributed by atoms with Crippen LogP contribution in [-0.4, -0.2) is 14.6 Å². The quantitative estimate of drug-likeness (QED) is 0.742. The molecule has 1 rings (SSSR count). The van der Waals surface area contributed by atoms with Crippen molar-refractivity contribution in [3.8, 4) is 0 Å². The van der Waals surface area contributed by atoms with Gasteiger partial charge < -0.3 is 0 Å². The second-order valence-electron chi connectivity index (χ2n) is 4.03. The van der Waals surface area contributed by atoms with Gasteiger partial charge in [-0.3, -0.25) is 4.68 Å². The van der Waals surface area contributed by atoms with E-state index in [1.54, 1.807) is 0 Å².